The molecule has 0 saturated heterocycles. The highest BCUT2D eigenvalue weighted by Crippen LogP contribution is 2.33. The molecule has 3 aromatic rings. The minimum atomic E-state index is 0.601. The number of rotatable bonds is 4. The maximum absolute atomic E-state index is 6.04. The Labute approximate surface area is 168 Å². The first-order valence-electron chi connectivity index (χ1n) is 8.69. The highest BCUT2D eigenvalue weighted by atomic mass is 35.5. The fraction of sp³-hybridized carbons (Fsp3) is 0.0909. The number of hydrogen-bond acceptors (Lipinski definition) is 5. The Balaban J connectivity index is 1.84. The average molecular weight is 392 g/mol. The van der Waals surface area contributed by atoms with Gasteiger partial charge in [0.1, 0.15) is 17.3 Å². The normalized spacial score (nSPS) is 12.8. The largest absolute Gasteiger partial charge is 0.497 e. The first-order chi connectivity index (χ1) is 13.7. The van der Waals surface area contributed by atoms with E-state index in [9.17, 15) is 0 Å². The number of nitrogens with one attached hydrogen (secondary N) is 1. The van der Waals surface area contributed by atoms with E-state index in [0.717, 1.165) is 34.0 Å². The standard InChI is InChI=1S/C22H18ClN3O2/c1-27-17-9-5-15(6-10-17)21-24-19-12-11-18(28-2)13-20(19)25-22(26-21)14-3-7-16(23)8-4-14/h3-13H,1-2H3,(H,24,25,26). The van der Waals surface area contributed by atoms with Gasteiger partial charge in [-0.2, -0.15) is 0 Å². The van der Waals surface area contributed by atoms with Gasteiger partial charge in [0.2, 0.25) is 0 Å². The van der Waals surface area contributed by atoms with Crippen LogP contribution >= 0.6 is 11.6 Å². The zero-order chi connectivity index (χ0) is 19.5. The molecule has 140 valence electrons. The Bertz CT molecular complexity index is 1060. The van der Waals surface area contributed by atoms with Crippen molar-refractivity contribution in [2.75, 3.05) is 19.5 Å². The predicted octanol–water partition coefficient (Wildman–Crippen LogP) is 5.31. The zero-order valence-electron chi connectivity index (χ0n) is 15.4. The minimum absolute atomic E-state index is 0.601. The van der Waals surface area contributed by atoms with Crippen LogP contribution in [0.25, 0.3) is 0 Å². The van der Waals surface area contributed by atoms with Gasteiger partial charge in [0.15, 0.2) is 5.84 Å². The van der Waals surface area contributed by atoms with Crippen LogP contribution in [0, 0.1) is 0 Å². The van der Waals surface area contributed by atoms with Gasteiger partial charge in [-0.1, -0.05) is 11.6 Å². The molecule has 1 heterocycles. The van der Waals surface area contributed by atoms with Crippen molar-refractivity contribution in [2.45, 2.75) is 0 Å². The molecule has 1 aliphatic rings. The second-order valence-electron chi connectivity index (χ2n) is 6.14. The fourth-order valence-corrected chi connectivity index (χ4v) is 2.98. The quantitative estimate of drug-likeness (QED) is 0.655. The molecule has 28 heavy (non-hydrogen) atoms. The Hall–Kier alpha value is -3.31. The Morgan fingerprint density at radius 2 is 1.39 bits per heavy atom. The summed E-state index contributed by atoms with van der Waals surface area (Å²) in [6.07, 6.45) is 0. The smallest absolute Gasteiger partial charge is 0.162 e. The number of amidine groups is 2. The van der Waals surface area contributed by atoms with Gasteiger partial charge < -0.3 is 14.8 Å². The molecule has 0 amide bonds. The van der Waals surface area contributed by atoms with Gasteiger partial charge in [0.25, 0.3) is 0 Å². The topological polar surface area (TPSA) is 55.2 Å². The molecule has 0 aliphatic carbocycles. The van der Waals surface area contributed by atoms with Gasteiger partial charge in [0.05, 0.1) is 25.6 Å². The number of aliphatic imine (C=N–C) groups is 2. The second-order valence-corrected chi connectivity index (χ2v) is 6.58. The third-order valence-electron chi connectivity index (χ3n) is 4.37. The van der Waals surface area contributed by atoms with Crippen molar-refractivity contribution >= 4 is 34.6 Å². The Kier molecular flexibility index (Phi) is 5.00. The molecule has 0 radical (unpaired) electrons. The van der Waals surface area contributed by atoms with Crippen LogP contribution in [0.4, 0.5) is 11.4 Å². The summed E-state index contributed by atoms with van der Waals surface area (Å²) in [6.45, 7) is 0. The van der Waals surface area contributed by atoms with E-state index < -0.39 is 0 Å². The molecule has 0 spiro atoms. The SMILES string of the molecule is COc1ccc(C2=Nc3ccc(OC)cc3NC(c3ccc(Cl)cc3)=N2)cc1. The summed E-state index contributed by atoms with van der Waals surface area (Å²) in [4.78, 5) is 9.58. The second kappa shape index (κ2) is 7.74. The number of nitrogens with zero attached hydrogens (tertiary/aromatic N) is 2. The van der Waals surface area contributed by atoms with E-state index >= 15 is 0 Å². The number of ether oxygens (including phenoxy) is 2. The summed E-state index contributed by atoms with van der Waals surface area (Å²) in [6, 6.07) is 20.9. The van der Waals surface area contributed by atoms with E-state index in [1.165, 1.54) is 0 Å². The third-order valence-corrected chi connectivity index (χ3v) is 4.62. The molecule has 5 nitrogen and oxygen atoms in total. The van der Waals surface area contributed by atoms with Gasteiger partial charge in [-0.05, 0) is 60.7 Å². The Morgan fingerprint density at radius 3 is 2.07 bits per heavy atom. The number of methoxy groups -OCH3 is 2. The van der Waals surface area contributed by atoms with Gasteiger partial charge >= 0.3 is 0 Å². The van der Waals surface area contributed by atoms with E-state index in [-0.39, 0.29) is 0 Å². The number of hydrogen-bond donors (Lipinski definition) is 1. The first-order valence-corrected chi connectivity index (χ1v) is 9.07. The van der Waals surface area contributed by atoms with E-state index in [4.69, 9.17) is 31.1 Å². The van der Waals surface area contributed by atoms with E-state index in [0.29, 0.717) is 16.7 Å². The number of benzene rings is 3. The monoisotopic (exact) mass is 391 g/mol. The lowest BCUT2D eigenvalue weighted by Gasteiger charge is -2.11. The third kappa shape index (κ3) is 3.70. The molecule has 6 heteroatoms. The summed E-state index contributed by atoms with van der Waals surface area (Å²) in [5, 5.41) is 4.05. The molecule has 1 N–H and O–H groups in total. The van der Waals surface area contributed by atoms with Crippen molar-refractivity contribution in [2.24, 2.45) is 9.98 Å². The highest BCUT2D eigenvalue weighted by molar-refractivity contribution is 6.30. The lowest BCUT2D eigenvalue weighted by Crippen LogP contribution is -2.15. The summed E-state index contributed by atoms with van der Waals surface area (Å²) in [5.41, 5.74) is 3.38. The molecule has 1 aliphatic heterocycles. The average Bonchev–Trinajstić information content (AvgIpc) is 2.93. The van der Waals surface area contributed by atoms with Crippen LogP contribution in [-0.2, 0) is 0 Å². The summed E-state index contributed by atoms with van der Waals surface area (Å²) < 4.78 is 10.6. The van der Waals surface area contributed by atoms with Crippen molar-refractivity contribution in [3.63, 3.8) is 0 Å². The maximum Gasteiger partial charge on any atom is 0.162 e. The zero-order valence-corrected chi connectivity index (χ0v) is 16.2. The number of anilines is 1. The summed E-state index contributed by atoms with van der Waals surface area (Å²) >= 11 is 6.04. The van der Waals surface area contributed by atoms with Crippen LogP contribution in [0.1, 0.15) is 11.1 Å². The molecule has 0 saturated carbocycles. The van der Waals surface area contributed by atoms with E-state index in [1.807, 2.05) is 66.7 Å². The highest BCUT2D eigenvalue weighted by Gasteiger charge is 2.16. The van der Waals surface area contributed by atoms with Crippen LogP contribution in [0.3, 0.4) is 0 Å². The van der Waals surface area contributed by atoms with Crippen LogP contribution in [0.15, 0.2) is 76.7 Å². The molecule has 0 aromatic heterocycles. The van der Waals surface area contributed by atoms with Crippen molar-refractivity contribution < 1.29 is 9.47 Å². The lowest BCUT2D eigenvalue weighted by atomic mass is 10.2. The van der Waals surface area contributed by atoms with Crippen LogP contribution < -0.4 is 14.8 Å². The summed E-state index contributed by atoms with van der Waals surface area (Å²) in [5.74, 6) is 2.80. The first kappa shape index (κ1) is 18.1. The molecule has 0 unspecified atom stereocenters. The number of halogens is 1. The van der Waals surface area contributed by atoms with Crippen molar-refractivity contribution in [1.29, 1.82) is 0 Å². The van der Waals surface area contributed by atoms with Gasteiger partial charge in [0, 0.05) is 22.2 Å². The Morgan fingerprint density at radius 1 is 0.750 bits per heavy atom. The fourth-order valence-electron chi connectivity index (χ4n) is 2.85. The van der Waals surface area contributed by atoms with Crippen LogP contribution in [0.2, 0.25) is 5.02 Å². The minimum Gasteiger partial charge on any atom is -0.497 e. The molecular weight excluding hydrogens is 374 g/mol. The van der Waals surface area contributed by atoms with E-state index in [1.54, 1.807) is 14.2 Å². The van der Waals surface area contributed by atoms with Crippen molar-refractivity contribution in [3.05, 3.63) is 82.9 Å². The van der Waals surface area contributed by atoms with E-state index in [2.05, 4.69) is 5.32 Å². The molecule has 0 atom stereocenters. The molecular formula is C22H18ClN3O2. The molecule has 0 bridgehead atoms. The van der Waals surface area contributed by atoms with Crippen molar-refractivity contribution in [3.8, 4) is 11.5 Å². The molecule has 4 rings (SSSR count). The summed E-state index contributed by atoms with van der Waals surface area (Å²) in [7, 11) is 3.28. The lowest BCUT2D eigenvalue weighted by molar-refractivity contribution is 0.414. The number of fused-ring (bicyclic) bond motifs is 1. The van der Waals surface area contributed by atoms with Crippen LogP contribution in [-0.4, -0.2) is 25.9 Å². The maximum atomic E-state index is 6.04. The molecule has 0 fully saturated rings. The van der Waals surface area contributed by atoms with Crippen LogP contribution in [0.5, 0.6) is 11.5 Å². The van der Waals surface area contributed by atoms with Gasteiger partial charge in [-0.3, -0.25) is 0 Å². The molecule has 3 aromatic carbocycles. The van der Waals surface area contributed by atoms with Crippen molar-refractivity contribution in [1.82, 2.24) is 0 Å². The van der Waals surface area contributed by atoms with Gasteiger partial charge in [-0.15, -0.1) is 0 Å². The predicted molar refractivity (Wildman–Crippen MR) is 114 cm³/mol. The van der Waals surface area contributed by atoms with Gasteiger partial charge in [-0.25, -0.2) is 9.98 Å².